The van der Waals surface area contributed by atoms with Crippen LogP contribution in [0.15, 0.2) is 58.8 Å². The maximum Gasteiger partial charge on any atom is 0.0762 e. The highest BCUT2D eigenvalue weighted by Gasteiger charge is 2.05. The minimum atomic E-state index is -0.405. The van der Waals surface area contributed by atoms with Gasteiger partial charge in [0.1, 0.15) is 0 Å². The van der Waals surface area contributed by atoms with Crippen molar-refractivity contribution in [2.45, 2.75) is 23.7 Å². The number of rotatable bonds is 4. The number of fused-ring (bicyclic) bond motifs is 1. The Morgan fingerprint density at radius 2 is 2.00 bits per heavy atom. The summed E-state index contributed by atoms with van der Waals surface area (Å²) in [5.74, 6) is 0.966. The molecule has 0 amide bonds. The van der Waals surface area contributed by atoms with Crippen LogP contribution in [0.25, 0.3) is 10.1 Å². The van der Waals surface area contributed by atoms with Crippen molar-refractivity contribution in [1.29, 1.82) is 0 Å². The zero-order valence-electron chi connectivity index (χ0n) is 11.2. The molecule has 20 heavy (non-hydrogen) atoms. The Hall–Kier alpha value is -1.29. The van der Waals surface area contributed by atoms with Crippen molar-refractivity contribution in [3.05, 3.63) is 65.0 Å². The van der Waals surface area contributed by atoms with E-state index >= 15 is 0 Å². The van der Waals surface area contributed by atoms with Gasteiger partial charge in [0.25, 0.3) is 0 Å². The van der Waals surface area contributed by atoms with E-state index in [1.165, 1.54) is 20.5 Å². The Balaban J connectivity index is 1.78. The van der Waals surface area contributed by atoms with Crippen molar-refractivity contribution in [3.63, 3.8) is 0 Å². The highest BCUT2D eigenvalue weighted by molar-refractivity contribution is 7.98. The van der Waals surface area contributed by atoms with Crippen LogP contribution in [-0.2, 0) is 5.75 Å². The van der Waals surface area contributed by atoms with Gasteiger partial charge in [-0.05, 0) is 47.0 Å². The second-order valence-corrected chi connectivity index (χ2v) is 6.75. The van der Waals surface area contributed by atoms with Crippen molar-refractivity contribution in [2.75, 3.05) is 0 Å². The summed E-state index contributed by atoms with van der Waals surface area (Å²) in [5.41, 5.74) is 2.36. The maximum atomic E-state index is 9.63. The standard InChI is InChI=1S/C17H16OS2/c1-12(18)13-5-4-6-15(9-13)19-10-14-11-20-17-8-3-2-7-16(14)17/h2-9,11-12,18H,10H2,1H3. The molecule has 0 saturated heterocycles. The number of aliphatic hydroxyl groups is 1. The highest BCUT2D eigenvalue weighted by atomic mass is 32.2. The van der Waals surface area contributed by atoms with E-state index in [2.05, 4.69) is 41.8 Å². The first-order valence-electron chi connectivity index (χ1n) is 6.60. The van der Waals surface area contributed by atoms with Gasteiger partial charge in [-0.15, -0.1) is 23.1 Å². The molecule has 1 aromatic heterocycles. The van der Waals surface area contributed by atoms with E-state index in [4.69, 9.17) is 0 Å². The summed E-state index contributed by atoms with van der Waals surface area (Å²) >= 11 is 3.62. The number of aliphatic hydroxyl groups excluding tert-OH is 1. The Morgan fingerprint density at radius 1 is 1.15 bits per heavy atom. The average Bonchev–Trinajstić information content (AvgIpc) is 2.89. The van der Waals surface area contributed by atoms with Gasteiger partial charge in [-0.1, -0.05) is 30.3 Å². The molecule has 1 unspecified atom stereocenters. The predicted molar refractivity (Wildman–Crippen MR) is 88.5 cm³/mol. The smallest absolute Gasteiger partial charge is 0.0762 e. The molecule has 102 valence electrons. The van der Waals surface area contributed by atoms with Crippen molar-refractivity contribution in [3.8, 4) is 0 Å². The van der Waals surface area contributed by atoms with Gasteiger partial charge in [0.05, 0.1) is 6.10 Å². The fourth-order valence-corrected chi connectivity index (χ4v) is 4.19. The molecule has 0 fully saturated rings. The van der Waals surface area contributed by atoms with E-state index in [0.717, 1.165) is 11.3 Å². The summed E-state index contributed by atoms with van der Waals surface area (Å²) in [4.78, 5) is 1.21. The second kappa shape index (κ2) is 6.00. The lowest BCUT2D eigenvalue weighted by molar-refractivity contribution is 0.199. The zero-order valence-corrected chi connectivity index (χ0v) is 12.9. The molecule has 0 aliphatic carbocycles. The number of benzene rings is 2. The lowest BCUT2D eigenvalue weighted by Crippen LogP contribution is -1.90. The molecule has 0 aliphatic rings. The van der Waals surface area contributed by atoms with Crippen molar-refractivity contribution in [2.24, 2.45) is 0 Å². The molecular weight excluding hydrogens is 284 g/mol. The van der Waals surface area contributed by atoms with E-state index in [9.17, 15) is 5.11 Å². The van der Waals surface area contributed by atoms with Crippen LogP contribution in [0.3, 0.4) is 0 Å². The van der Waals surface area contributed by atoms with E-state index < -0.39 is 6.10 Å². The van der Waals surface area contributed by atoms with E-state index in [1.54, 1.807) is 18.3 Å². The first-order chi connectivity index (χ1) is 9.74. The fraction of sp³-hybridized carbons (Fsp3) is 0.176. The molecule has 3 aromatic rings. The summed E-state index contributed by atoms with van der Waals surface area (Å²) < 4.78 is 1.35. The molecule has 0 radical (unpaired) electrons. The SMILES string of the molecule is CC(O)c1cccc(SCc2csc3ccccc23)c1. The lowest BCUT2D eigenvalue weighted by atomic mass is 10.1. The normalized spacial score (nSPS) is 12.7. The van der Waals surface area contributed by atoms with Crippen LogP contribution in [0.2, 0.25) is 0 Å². The number of thioether (sulfide) groups is 1. The van der Waals surface area contributed by atoms with Crippen molar-refractivity contribution in [1.82, 2.24) is 0 Å². The third-order valence-corrected chi connectivity index (χ3v) is 5.35. The molecule has 3 heteroatoms. The highest BCUT2D eigenvalue weighted by Crippen LogP contribution is 2.32. The molecule has 0 aliphatic heterocycles. The van der Waals surface area contributed by atoms with Gasteiger partial charge in [-0.2, -0.15) is 0 Å². The van der Waals surface area contributed by atoms with Gasteiger partial charge >= 0.3 is 0 Å². The summed E-state index contributed by atoms with van der Waals surface area (Å²) in [5, 5.41) is 13.2. The molecule has 3 rings (SSSR count). The Bertz CT molecular complexity index is 716. The molecule has 1 N–H and O–H groups in total. The fourth-order valence-electron chi connectivity index (χ4n) is 2.17. The average molecular weight is 300 g/mol. The number of hydrogen-bond donors (Lipinski definition) is 1. The van der Waals surface area contributed by atoms with E-state index in [1.807, 2.05) is 23.9 Å². The molecule has 1 heterocycles. The number of hydrogen-bond acceptors (Lipinski definition) is 3. The van der Waals surface area contributed by atoms with Crippen LogP contribution in [0.4, 0.5) is 0 Å². The van der Waals surface area contributed by atoms with Gasteiger partial charge in [-0.25, -0.2) is 0 Å². The second-order valence-electron chi connectivity index (χ2n) is 4.79. The Kier molecular flexibility index (Phi) is 4.10. The van der Waals surface area contributed by atoms with Gasteiger partial charge in [0, 0.05) is 15.3 Å². The summed E-state index contributed by atoms with van der Waals surface area (Å²) in [6.45, 7) is 1.80. The van der Waals surface area contributed by atoms with Gasteiger partial charge in [0.2, 0.25) is 0 Å². The molecular formula is C17H16OS2. The van der Waals surface area contributed by atoms with Crippen LogP contribution in [0.1, 0.15) is 24.2 Å². The van der Waals surface area contributed by atoms with E-state index in [-0.39, 0.29) is 0 Å². The quantitative estimate of drug-likeness (QED) is 0.664. The third-order valence-electron chi connectivity index (χ3n) is 3.30. The topological polar surface area (TPSA) is 20.2 Å². The molecule has 2 aromatic carbocycles. The minimum Gasteiger partial charge on any atom is -0.389 e. The Labute approximate surface area is 127 Å². The first kappa shape index (κ1) is 13.7. The maximum absolute atomic E-state index is 9.63. The van der Waals surface area contributed by atoms with Gasteiger partial charge in [0.15, 0.2) is 0 Å². The zero-order chi connectivity index (χ0) is 13.9. The van der Waals surface area contributed by atoms with E-state index in [0.29, 0.717) is 0 Å². The van der Waals surface area contributed by atoms with Crippen molar-refractivity contribution >= 4 is 33.2 Å². The first-order valence-corrected chi connectivity index (χ1v) is 8.46. The molecule has 1 nitrogen and oxygen atoms in total. The van der Waals surface area contributed by atoms with Crippen LogP contribution < -0.4 is 0 Å². The monoisotopic (exact) mass is 300 g/mol. The Morgan fingerprint density at radius 3 is 2.85 bits per heavy atom. The van der Waals surface area contributed by atoms with Gasteiger partial charge in [-0.3, -0.25) is 0 Å². The van der Waals surface area contributed by atoms with Crippen LogP contribution in [0, 0.1) is 0 Å². The molecule has 0 saturated carbocycles. The largest absolute Gasteiger partial charge is 0.389 e. The summed E-state index contributed by atoms with van der Waals surface area (Å²) in [6.07, 6.45) is -0.405. The number of thiophene rings is 1. The van der Waals surface area contributed by atoms with Crippen LogP contribution in [-0.4, -0.2) is 5.11 Å². The molecule has 0 bridgehead atoms. The van der Waals surface area contributed by atoms with Crippen molar-refractivity contribution < 1.29 is 5.11 Å². The van der Waals surface area contributed by atoms with Crippen LogP contribution in [0.5, 0.6) is 0 Å². The summed E-state index contributed by atoms with van der Waals surface area (Å²) in [6, 6.07) is 16.7. The molecule has 1 atom stereocenters. The lowest BCUT2D eigenvalue weighted by Gasteiger charge is -2.07. The third kappa shape index (κ3) is 2.90. The van der Waals surface area contributed by atoms with Gasteiger partial charge < -0.3 is 5.11 Å². The predicted octanol–water partition coefficient (Wildman–Crippen LogP) is 5.25. The molecule has 0 spiro atoms. The van der Waals surface area contributed by atoms with Crippen LogP contribution >= 0.6 is 23.1 Å². The summed E-state index contributed by atoms with van der Waals surface area (Å²) in [7, 11) is 0. The minimum absolute atomic E-state index is 0.405.